The van der Waals surface area contributed by atoms with E-state index in [-0.39, 0.29) is 0 Å². The first-order valence-electron chi connectivity index (χ1n) is 3.84. The maximum Gasteiger partial charge on any atom is 0.00397 e. The minimum atomic E-state index is 0.937. The van der Waals surface area contributed by atoms with E-state index in [4.69, 9.17) is 0 Å². The monoisotopic (exact) mass is 179 g/mol. The highest BCUT2D eigenvalue weighted by atomic mass is 32.1. The minimum Gasteiger partial charge on any atom is -0.316 e. The molecule has 1 N–H and O–H groups in total. The molecule has 0 heterocycles. The third-order valence-electron chi connectivity index (χ3n) is 1.30. The lowest BCUT2D eigenvalue weighted by molar-refractivity contribution is 0.639. The van der Waals surface area contributed by atoms with Crippen molar-refractivity contribution >= 4 is 25.3 Å². The Kier molecular flexibility index (Phi) is 10.3. The Morgan fingerprint density at radius 1 is 0.800 bits per heavy atom. The minimum absolute atomic E-state index is 0.937. The zero-order chi connectivity index (χ0) is 7.66. The van der Waals surface area contributed by atoms with Crippen LogP contribution in [-0.2, 0) is 0 Å². The standard InChI is InChI=1S/C7H17NS2/c9-6-3-1-2-4-8-5-7-10/h8-10H,1-7H2. The van der Waals surface area contributed by atoms with Crippen LogP contribution in [0.15, 0.2) is 0 Å². The summed E-state index contributed by atoms with van der Waals surface area (Å²) >= 11 is 8.22. The molecule has 0 aliphatic carbocycles. The van der Waals surface area contributed by atoms with Gasteiger partial charge in [-0.3, -0.25) is 0 Å². The van der Waals surface area contributed by atoms with E-state index in [0.29, 0.717) is 0 Å². The van der Waals surface area contributed by atoms with Crippen LogP contribution < -0.4 is 5.32 Å². The van der Waals surface area contributed by atoms with Crippen LogP contribution in [0.2, 0.25) is 0 Å². The zero-order valence-corrected chi connectivity index (χ0v) is 8.13. The highest BCUT2D eigenvalue weighted by Crippen LogP contribution is 1.94. The number of hydrogen-bond acceptors (Lipinski definition) is 3. The molecule has 0 fully saturated rings. The fourth-order valence-corrected chi connectivity index (χ4v) is 1.12. The number of nitrogens with one attached hydrogen (secondary N) is 1. The van der Waals surface area contributed by atoms with Crippen molar-refractivity contribution < 1.29 is 0 Å². The van der Waals surface area contributed by atoms with Crippen molar-refractivity contribution in [3.63, 3.8) is 0 Å². The van der Waals surface area contributed by atoms with Gasteiger partial charge < -0.3 is 5.32 Å². The van der Waals surface area contributed by atoms with Crippen molar-refractivity contribution in [3.05, 3.63) is 0 Å². The molecule has 0 aliphatic heterocycles. The van der Waals surface area contributed by atoms with Gasteiger partial charge >= 0.3 is 0 Å². The fraction of sp³-hybridized carbons (Fsp3) is 1.00. The number of thiol groups is 2. The first-order chi connectivity index (χ1) is 4.91. The number of unbranched alkanes of at least 4 members (excludes halogenated alkanes) is 2. The van der Waals surface area contributed by atoms with Crippen molar-refractivity contribution in [1.29, 1.82) is 0 Å². The zero-order valence-electron chi connectivity index (χ0n) is 6.34. The van der Waals surface area contributed by atoms with Gasteiger partial charge in [0.25, 0.3) is 0 Å². The predicted octanol–water partition coefficient (Wildman–Crippen LogP) is 1.61. The second kappa shape index (κ2) is 9.66. The number of rotatable bonds is 7. The molecule has 0 saturated heterocycles. The summed E-state index contributed by atoms with van der Waals surface area (Å²) in [5.74, 6) is 1.96. The summed E-state index contributed by atoms with van der Waals surface area (Å²) in [6.07, 6.45) is 3.81. The van der Waals surface area contributed by atoms with Gasteiger partial charge in [0.05, 0.1) is 0 Å². The molecular formula is C7H17NS2. The van der Waals surface area contributed by atoms with Crippen LogP contribution in [0.25, 0.3) is 0 Å². The fourth-order valence-electron chi connectivity index (χ4n) is 0.743. The third kappa shape index (κ3) is 8.66. The maximum absolute atomic E-state index is 4.13. The van der Waals surface area contributed by atoms with Gasteiger partial charge in [0, 0.05) is 12.3 Å². The molecule has 10 heavy (non-hydrogen) atoms. The summed E-state index contributed by atoms with van der Waals surface area (Å²) in [6, 6.07) is 0. The van der Waals surface area contributed by atoms with E-state index in [1.165, 1.54) is 19.3 Å². The number of hydrogen-bond donors (Lipinski definition) is 3. The van der Waals surface area contributed by atoms with Gasteiger partial charge in [-0.2, -0.15) is 25.3 Å². The Balaban J connectivity index is 2.65. The summed E-state index contributed by atoms with van der Waals surface area (Å²) in [5, 5.41) is 3.29. The highest BCUT2D eigenvalue weighted by Gasteiger charge is 1.86. The molecule has 0 aliphatic rings. The summed E-state index contributed by atoms with van der Waals surface area (Å²) in [5.41, 5.74) is 0. The molecular weight excluding hydrogens is 162 g/mol. The van der Waals surface area contributed by atoms with Crippen molar-refractivity contribution in [2.75, 3.05) is 24.6 Å². The molecule has 0 amide bonds. The van der Waals surface area contributed by atoms with Crippen molar-refractivity contribution in [2.24, 2.45) is 0 Å². The van der Waals surface area contributed by atoms with Gasteiger partial charge in [-0.1, -0.05) is 6.42 Å². The van der Waals surface area contributed by atoms with Gasteiger partial charge in [-0.05, 0) is 25.1 Å². The van der Waals surface area contributed by atoms with Gasteiger partial charge in [-0.15, -0.1) is 0 Å². The van der Waals surface area contributed by atoms with Gasteiger partial charge in [0.15, 0.2) is 0 Å². The van der Waals surface area contributed by atoms with E-state index in [1.807, 2.05) is 0 Å². The van der Waals surface area contributed by atoms with Crippen LogP contribution in [-0.4, -0.2) is 24.6 Å². The third-order valence-corrected chi connectivity index (χ3v) is 1.84. The Labute approximate surface area is 74.8 Å². The second-order valence-corrected chi connectivity index (χ2v) is 3.15. The van der Waals surface area contributed by atoms with Crippen LogP contribution in [0.3, 0.4) is 0 Å². The van der Waals surface area contributed by atoms with Gasteiger partial charge in [0.1, 0.15) is 0 Å². The van der Waals surface area contributed by atoms with E-state index in [2.05, 4.69) is 30.6 Å². The average molecular weight is 179 g/mol. The van der Waals surface area contributed by atoms with E-state index >= 15 is 0 Å². The average Bonchev–Trinajstić information content (AvgIpc) is 1.97. The quantitative estimate of drug-likeness (QED) is 0.398. The normalized spacial score (nSPS) is 10.2. The Bertz CT molecular complexity index is 51.6. The van der Waals surface area contributed by atoms with Crippen molar-refractivity contribution in [2.45, 2.75) is 19.3 Å². The molecule has 0 aromatic rings. The van der Waals surface area contributed by atoms with E-state index in [0.717, 1.165) is 24.6 Å². The molecule has 0 unspecified atom stereocenters. The van der Waals surface area contributed by atoms with Crippen LogP contribution in [0.1, 0.15) is 19.3 Å². The largest absolute Gasteiger partial charge is 0.316 e. The topological polar surface area (TPSA) is 12.0 Å². The lowest BCUT2D eigenvalue weighted by Crippen LogP contribution is -2.17. The summed E-state index contributed by atoms with van der Waals surface area (Å²) < 4.78 is 0. The Hall–Kier alpha value is 0.660. The molecule has 0 spiro atoms. The summed E-state index contributed by atoms with van der Waals surface area (Å²) in [4.78, 5) is 0. The molecule has 0 saturated carbocycles. The SMILES string of the molecule is SCCCCCNCCS. The molecule has 0 rings (SSSR count). The van der Waals surface area contributed by atoms with Crippen molar-refractivity contribution in [3.8, 4) is 0 Å². The van der Waals surface area contributed by atoms with Gasteiger partial charge in [0.2, 0.25) is 0 Å². The lowest BCUT2D eigenvalue weighted by Gasteiger charge is -2.00. The van der Waals surface area contributed by atoms with E-state index in [9.17, 15) is 0 Å². The van der Waals surface area contributed by atoms with E-state index in [1.54, 1.807) is 0 Å². The van der Waals surface area contributed by atoms with Crippen LogP contribution >= 0.6 is 25.3 Å². The lowest BCUT2D eigenvalue weighted by atomic mass is 10.2. The van der Waals surface area contributed by atoms with Crippen LogP contribution in [0.5, 0.6) is 0 Å². The second-order valence-electron chi connectivity index (χ2n) is 2.26. The summed E-state index contributed by atoms with van der Waals surface area (Å²) in [6.45, 7) is 2.17. The Morgan fingerprint density at radius 2 is 1.60 bits per heavy atom. The van der Waals surface area contributed by atoms with Gasteiger partial charge in [-0.25, -0.2) is 0 Å². The van der Waals surface area contributed by atoms with E-state index < -0.39 is 0 Å². The molecule has 3 heteroatoms. The smallest absolute Gasteiger partial charge is 0.00397 e. The maximum atomic E-state index is 4.13. The Morgan fingerprint density at radius 3 is 2.20 bits per heavy atom. The predicted molar refractivity (Wildman–Crippen MR) is 54.4 cm³/mol. The molecule has 62 valence electrons. The van der Waals surface area contributed by atoms with Crippen molar-refractivity contribution in [1.82, 2.24) is 5.32 Å². The van der Waals surface area contributed by atoms with Crippen LogP contribution in [0.4, 0.5) is 0 Å². The molecule has 1 nitrogen and oxygen atoms in total. The molecule has 0 aromatic carbocycles. The summed E-state index contributed by atoms with van der Waals surface area (Å²) in [7, 11) is 0. The van der Waals surface area contributed by atoms with Crippen LogP contribution in [0, 0.1) is 0 Å². The first kappa shape index (κ1) is 10.7. The molecule has 0 atom stereocenters. The highest BCUT2D eigenvalue weighted by molar-refractivity contribution is 7.80. The first-order valence-corrected chi connectivity index (χ1v) is 5.10. The molecule has 0 radical (unpaired) electrons. The molecule has 0 aromatic heterocycles. The molecule has 0 bridgehead atoms.